The van der Waals surface area contributed by atoms with E-state index >= 15 is 0 Å². The van der Waals surface area contributed by atoms with E-state index in [2.05, 4.69) is 96.4 Å². The Balaban J connectivity index is 1.87. The zero-order valence-electron chi connectivity index (χ0n) is 14.0. The molecule has 0 aromatic heterocycles. The lowest BCUT2D eigenvalue weighted by atomic mass is 10.1. The molecular weight excluding hydrogens is 302 g/mol. The first-order valence-electron chi connectivity index (χ1n) is 8.42. The van der Waals surface area contributed by atoms with Crippen LogP contribution in [0.5, 0.6) is 0 Å². The van der Waals surface area contributed by atoms with Crippen molar-refractivity contribution in [2.75, 3.05) is 4.90 Å². The van der Waals surface area contributed by atoms with E-state index in [-0.39, 0.29) is 0 Å². The van der Waals surface area contributed by atoms with Gasteiger partial charge in [0, 0.05) is 17.1 Å². The third-order valence-electron chi connectivity index (χ3n) is 4.37. The van der Waals surface area contributed by atoms with Gasteiger partial charge in [-0.25, -0.2) is 0 Å². The summed E-state index contributed by atoms with van der Waals surface area (Å²) in [7, 11) is 0. The topological polar surface area (TPSA) is 3.24 Å². The van der Waals surface area contributed by atoms with Gasteiger partial charge in [-0.05, 0) is 58.8 Å². The fourth-order valence-corrected chi connectivity index (χ4v) is 3.12. The lowest BCUT2D eigenvalue weighted by Gasteiger charge is -2.25. The van der Waals surface area contributed by atoms with Crippen LogP contribution in [0, 0.1) is 0 Å². The zero-order chi connectivity index (χ0) is 17.1. The number of hydrogen-bond donors (Lipinski definition) is 0. The largest absolute Gasteiger partial charge is 0.310 e. The quantitative estimate of drug-likeness (QED) is 0.393. The van der Waals surface area contributed by atoms with Crippen molar-refractivity contribution in [1.29, 1.82) is 0 Å². The van der Waals surface area contributed by atoms with Crippen LogP contribution >= 0.6 is 0 Å². The van der Waals surface area contributed by atoms with Crippen molar-refractivity contribution in [3.05, 3.63) is 109 Å². The summed E-state index contributed by atoms with van der Waals surface area (Å²) in [4.78, 5) is 2.28. The summed E-state index contributed by atoms with van der Waals surface area (Å²) in [5, 5.41) is 2.45. The minimum absolute atomic E-state index is 1.14. The van der Waals surface area contributed by atoms with Gasteiger partial charge in [0.1, 0.15) is 0 Å². The van der Waals surface area contributed by atoms with E-state index in [1.807, 2.05) is 18.2 Å². The van der Waals surface area contributed by atoms with Crippen LogP contribution in [0.2, 0.25) is 0 Å². The first-order chi connectivity index (χ1) is 12.3. The summed E-state index contributed by atoms with van der Waals surface area (Å²) >= 11 is 0. The highest BCUT2D eigenvalue weighted by molar-refractivity contribution is 5.90. The number of para-hydroxylation sites is 2. The van der Waals surface area contributed by atoms with E-state index in [1.165, 1.54) is 10.8 Å². The molecule has 120 valence electrons. The molecule has 0 bridgehead atoms. The van der Waals surface area contributed by atoms with Gasteiger partial charge in [-0.2, -0.15) is 0 Å². The SMILES string of the molecule is C=Cc1ccc2cc(N(c3ccccc3)c3ccccc3)ccc2c1. The van der Waals surface area contributed by atoms with Crippen LogP contribution in [0.3, 0.4) is 0 Å². The molecule has 25 heavy (non-hydrogen) atoms. The summed E-state index contributed by atoms with van der Waals surface area (Å²) in [6.07, 6.45) is 1.88. The Morgan fingerprint density at radius 2 is 1.12 bits per heavy atom. The highest BCUT2D eigenvalue weighted by Gasteiger charge is 2.12. The molecular formula is C24H19N. The molecule has 0 aliphatic carbocycles. The summed E-state index contributed by atoms with van der Waals surface area (Å²) in [6, 6.07) is 33.9. The van der Waals surface area contributed by atoms with Crippen molar-refractivity contribution >= 4 is 33.9 Å². The maximum absolute atomic E-state index is 3.85. The third-order valence-corrected chi connectivity index (χ3v) is 4.37. The number of hydrogen-bond acceptors (Lipinski definition) is 1. The molecule has 0 aliphatic heterocycles. The number of fused-ring (bicyclic) bond motifs is 1. The Morgan fingerprint density at radius 1 is 0.560 bits per heavy atom. The maximum Gasteiger partial charge on any atom is 0.0468 e. The predicted octanol–water partition coefficient (Wildman–Crippen LogP) is 6.95. The van der Waals surface area contributed by atoms with Gasteiger partial charge < -0.3 is 4.90 Å². The molecule has 0 unspecified atom stereocenters. The minimum Gasteiger partial charge on any atom is -0.310 e. The first kappa shape index (κ1) is 15.2. The van der Waals surface area contributed by atoms with Gasteiger partial charge in [-0.15, -0.1) is 0 Å². The van der Waals surface area contributed by atoms with Crippen LogP contribution in [0.4, 0.5) is 17.1 Å². The average Bonchev–Trinajstić information content (AvgIpc) is 2.69. The molecule has 4 rings (SSSR count). The molecule has 4 aromatic rings. The lowest BCUT2D eigenvalue weighted by molar-refractivity contribution is 1.29. The summed E-state index contributed by atoms with van der Waals surface area (Å²) < 4.78 is 0. The Bertz CT molecular complexity index is 964. The van der Waals surface area contributed by atoms with Crippen LogP contribution in [0.25, 0.3) is 16.8 Å². The Hall–Kier alpha value is -3.32. The van der Waals surface area contributed by atoms with Crippen LogP contribution in [0.1, 0.15) is 5.56 Å². The fourth-order valence-electron chi connectivity index (χ4n) is 3.12. The van der Waals surface area contributed by atoms with Gasteiger partial charge in [-0.3, -0.25) is 0 Å². The Morgan fingerprint density at radius 3 is 1.72 bits per heavy atom. The zero-order valence-corrected chi connectivity index (χ0v) is 14.0. The second kappa shape index (κ2) is 6.66. The van der Waals surface area contributed by atoms with Crippen molar-refractivity contribution in [3.63, 3.8) is 0 Å². The number of anilines is 3. The van der Waals surface area contributed by atoms with E-state index in [0.29, 0.717) is 0 Å². The van der Waals surface area contributed by atoms with E-state index in [0.717, 1.165) is 22.6 Å². The minimum atomic E-state index is 1.14. The van der Waals surface area contributed by atoms with Crippen LogP contribution in [0.15, 0.2) is 104 Å². The predicted molar refractivity (Wildman–Crippen MR) is 109 cm³/mol. The van der Waals surface area contributed by atoms with Crippen LogP contribution in [-0.2, 0) is 0 Å². The lowest BCUT2D eigenvalue weighted by Crippen LogP contribution is -2.09. The monoisotopic (exact) mass is 321 g/mol. The number of nitrogens with zero attached hydrogens (tertiary/aromatic N) is 1. The van der Waals surface area contributed by atoms with Gasteiger partial charge in [0.15, 0.2) is 0 Å². The van der Waals surface area contributed by atoms with E-state index in [1.54, 1.807) is 0 Å². The fraction of sp³-hybridized carbons (Fsp3) is 0. The van der Waals surface area contributed by atoms with Gasteiger partial charge in [0.2, 0.25) is 0 Å². The van der Waals surface area contributed by atoms with Gasteiger partial charge >= 0.3 is 0 Å². The molecule has 0 heterocycles. The summed E-state index contributed by atoms with van der Waals surface area (Å²) in [6.45, 7) is 3.85. The van der Waals surface area contributed by atoms with Gasteiger partial charge in [0.05, 0.1) is 0 Å². The highest BCUT2D eigenvalue weighted by Crippen LogP contribution is 2.35. The first-order valence-corrected chi connectivity index (χ1v) is 8.42. The molecule has 0 saturated heterocycles. The van der Waals surface area contributed by atoms with Crippen LogP contribution < -0.4 is 4.90 Å². The van der Waals surface area contributed by atoms with Crippen molar-refractivity contribution in [2.45, 2.75) is 0 Å². The van der Waals surface area contributed by atoms with Crippen molar-refractivity contribution in [1.82, 2.24) is 0 Å². The van der Waals surface area contributed by atoms with E-state index < -0.39 is 0 Å². The molecule has 0 saturated carbocycles. The second-order valence-electron chi connectivity index (χ2n) is 6.00. The van der Waals surface area contributed by atoms with Gasteiger partial charge in [-0.1, -0.05) is 67.3 Å². The molecule has 0 amide bonds. The molecule has 0 aliphatic rings. The standard InChI is InChI=1S/C24H19N/c1-2-19-13-14-21-18-24(16-15-20(21)17-19)25(22-9-5-3-6-10-22)23-11-7-4-8-12-23/h2-18H,1H2. The maximum atomic E-state index is 3.85. The van der Waals surface area contributed by atoms with E-state index in [4.69, 9.17) is 0 Å². The highest BCUT2D eigenvalue weighted by atomic mass is 15.1. The molecule has 0 N–H and O–H groups in total. The second-order valence-corrected chi connectivity index (χ2v) is 6.00. The number of rotatable bonds is 4. The molecule has 1 nitrogen and oxygen atoms in total. The van der Waals surface area contributed by atoms with Crippen molar-refractivity contribution in [2.24, 2.45) is 0 Å². The summed E-state index contributed by atoms with van der Waals surface area (Å²) in [5.41, 5.74) is 4.59. The van der Waals surface area contributed by atoms with E-state index in [9.17, 15) is 0 Å². The smallest absolute Gasteiger partial charge is 0.0468 e. The normalized spacial score (nSPS) is 10.6. The van der Waals surface area contributed by atoms with Gasteiger partial charge in [0.25, 0.3) is 0 Å². The Labute approximate surface area is 148 Å². The Kier molecular flexibility index (Phi) is 4.05. The van der Waals surface area contributed by atoms with Crippen molar-refractivity contribution < 1.29 is 0 Å². The molecule has 1 heteroatoms. The molecule has 4 aromatic carbocycles. The molecule has 0 fully saturated rings. The van der Waals surface area contributed by atoms with Crippen LogP contribution in [-0.4, -0.2) is 0 Å². The molecule has 0 radical (unpaired) electrons. The van der Waals surface area contributed by atoms with Crippen molar-refractivity contribution in [3.8, 4) is 0 Å². The average molecular weight is 321 g/mol. The molecule has 0 atom stereocenters. The molecule has 0 spiro atoms. The third kappa shape index (κ3) is 3.05. The number of benzene rings is 4. The summed E-state index contributed by atoms with van der Waals surface area (Å²) in [5.74, 6) is 0.